The third-order valence-corrected chi connectivity index (χ3v) is 6.29. The predicted molar refractivity (Wildman–Crippen MR) is 127 cm³/mol. The van der Waals surface area contributed by atoms with Gasteiger partial charge in [0.1, 0.15) is 12.4 Å². The van der Waals surface area contributed by atoms with E-state index in [4.69, 9.17) is 4.98 Å². The van der Waals surface area contributed by atoms with Crippen LogP contribution in [0.1, 0.15) is 44.9 Å². The van der Waals surface area contributed by atoms with E-state index in [1.807, 2.05) is 60.4 Å². The van der Waals surface area contributed by atoms with Crippen LogP contribution in [0.3, 0.4) is 0 Å². The maximum atomic E-state index is 13.3. The Bertz CT molecular complexity index is 973. The van der Waals surface area contributed by atoms with Gasteiger partial charge in [0.15, 0.2) is 0 Å². The van der Waals surface area contributed by atoms with Crippen molar-refractivity contribution >= 4 is 22.6 Å². The molecule has 164 valence electrons. The van der Waals surface area contributed by atoms with Gasteiger partial charge < -0.3 is 14.4 Å². The molecule has 0 N–H and O–H groups in total. The third-order valence-electron chi connectivity index (χ3n) is 6.29. The average molecular weight is 419 g/mol. The largest absolute Gasteiger partial charge is 0.318 e. The van der Waals surface area contributed by atoms with Crippen LogP contribution < -0.4 is 4.90 Å². The summed E-state index contributed by atoms with van der Waals surface area (Å²) in [7, 11) is 0. The molecule has 5 nitrogen and oxygen atoms in total. The molecule has 3 aromatic rings. The number of nitrogens with zero attached hydrogens (tertiary/aromatic N) is 4. The summed E-state index contributed by atoms with van der Waals surface area (Å²) < 4.78 is 2.13. The molecule has 1 fully saturated rings. The molecule has 0 saturated carbocycles. The second-order valence-electron chi connectivity index (χ2n) is 8.44. The van der Waals surface area contributed by atoms with Crippen LogP contribution in [0.25, 0.3) is 11.0 Å². The summed E-state index contributed by atoms with van der Waals surface area (Å²) in [6.07, 6.45) is 7.34. The highest BCUT2D eigenvalue weighted by atomic mass is 16.2. The molecule has 0 atom stereocenters. The molecule has 1 amide bonds. The molecule has 0 bridgehead atoms. The molecule has 31 heavy (non-hydrogen) atoms. The lowest BCUT2D eigenvalue weighted by Gasteiger charge is -2.22. The predicted octanol–water partition coefficient (Wildman–Crippen LogP) is 4.90. The maximum Gasteiger partial charge on any atom is 0.246 e. The number of aryl methyl sites for hydroxylation is 1. The second kappa shape index (κ2) is 10.6. The molecule has 1 aromatic heterocycles. The van der Waals surface area contributed by atoms with E-state index in [0.717, 1.165) is 41.9 Å². The van der Waals surface area contributed by atoms with Crippen molar-refractivity contribution in [2.45, 2.75) is 52.0 Å². The van der Waals surface area contributed by atoms with E-state index >= 15 is 0 Å². The fourth-order valence-electron chi connectivity index (χ4n) is 4.64. The zero-order valence-corrected chi connectivity index (χ0v) is 18.7. The first-order valence-corrected chi connectivity index (χ1v) is 11.8. The van der Waals surface area contributed by atoms with Crippen LogP contribution in [0, 0.1) is 0 Å². The van der Waals surface area contributed by atoms with E-state index in [1.54, 1.807) is 0 Å². The molecular formula is C26H34N4O. The Labute approximate surface area is 185 Å². The normalized spacial score (nSPS) is 15.1. The first-order chi connectivity index (χ1) is 15.3. The van der Waals surface area contributed by atoms with Crippen LogP contribution in [0.5, 0.6) is 0 Å². The minimum absolute atomic E-state index is 0.102. The number of likely N-dealkylation sites (N-methyl/N-ethyl adjacent to an activating group) is 1. The van der Waals surface area contributed by atoms with Gasteiger partial charge in [-0.3, -0.25) is 4.79 Å². The van der Waals surface area contributed by atoms with Crippen molar-refractivity contribution in [2.24, 2.45) is 0 Å². The lowest BCUT2D eigenvalue weighted by Crippen LogP contribution is -2.34. The Morgan fingerprint density at radius 1 is 0.968 bits per heavy atom. The van der Waals surface area contributed by atoms with Gasteiger partial charge in [0.05, 0.1) is 11.0 Å². The van der Waals surface area contributed by atoms with Gasteiger partial charge in [0, 0.05) is 18.7 Å². The Hall–Kier alpha value is -2.66. The first kappa shape index (κ1) is 21.6. The minimum atomic E-state index is 0.102. The molecule has 0 aliphatic carbocycles. The molecule has 0 spiro atoms. The lowest BCUT2D eigenvalue weighted by atomic mass is 10.2. The Morgan fingerprint density at radius 2 is 1.68 bits per heavy atom. The summed E-state index contributed by atoms with van der Waals surface area (Å²) in [5.74, 6) is 1.12. The summed E-state index contributed by atoms with van der Waals surface area (Å²) in [5, 5.41) is 0. The van der Waals surface area contributed by atoms with Crippen LogP contribution in [0.15, 0.2) is 54.6 Å². The van der Waals surface area contributed by atoms with Gasteiger partial charge in [0.2, 0.25) is 5.91 Å². The van der Waals surface area contributed by atoms with Crippen molar-refractivity contribution in [3.05, 3.63) is 60.4 Å². The highest BCUT2D eigenvalue weighted by molar-refractivity contribution is 5.94. The quantitative estimate of drug-likeness (QED) is 0.523. The molecule has 5 heteroatoms. The summed E-state index contributed by atoms with van der Waals surface area (Å²) in [6, 6.07) is 18.1. The van der Waals surface area contributed by atoms with Crippen molar-refractivity contribution in [2.75, 3.05) is 31.1 Å². The molecule has 1 saturated heterocycles. The number of hydrogen-bond donors (Lipinski definition) is 0. The van der Waals surface area contributed by atoms with Crippen molar-refractivity contribution in [3.63, 3.8) is 0 Å². The standard InChI is InChI=1S/C26H34N4O/c1-2-29(22-13-6-5-7-14-22)26(31)21-30-24-16-9-8-15-23(24)27-25(30)17-12-20-28-18-10-3-4-11-19-28/h5-9,13-16H,2-4,10-12,17-21H2,1H3. The summed E-state index contributed by atoms with van der Waals surface area (Å²) in [5.41, 5.74) is 2.97. The number of hydrogen-bond acceptors (Lipinski definition) is 3. The van der Waals surface area contributed by atoms with Crippen LogP contribution >= 0.6 is 0 Å². The number of likely N-dealkylation sites (tertiary alicyclic amines) is 1. The number of amides is 1. The molecule has 0 unspecified atom stereocenters. The Kier molecular flexibility index (Phi) is 7.36. The number of anilines is 1. The van der Waals surface area contributed by atoms with Gasteiger partial charge in [-0.1, -0.05) is 43.2 Å². The smallest absolute Gasteiger partial charge is 0.246 e. The molecule has 4 rings (SSSR count). The van der Waals surface area contributed by atoms with Gasteiger partial charge in [-0.25, -0.2) is 4.98 Å². The monoisotopic (exact) mass is 418 g/mol. The second-order valence-corrected chi connectivity index (χ2v) is 8.44. The van der Waals surface area contributed by atoms with Crippen molar-refractivity contribution < 1.29 is 4.79 Å². The summed E-state index contributed by atoms with van der Waals surface area (Å²) in [4.78, 5) is 22.6. The molecule has 1 aliphatic heterocycles. The van der Waals surface area contributed by atoms with Crippen molar-refractivity contribution in [3.8, 4) is 0 Å². The Balaban J connectivity index is 1.50. The number of imidazole rings is 1. The topological polar surface area (TPSA) is 41.4 Å². The summed E-state index contributed by atoms with van der Waals surface area (Å²) >= 11 is 0. The van der Waals surface area contributed by atoms with E-state index < -0.39 is 0 Å². The van der Waals surface area contributed by atoms with Crippen molar-refractivity contribution in [1.29, 1.82) is 0 Å². The fraction of sp³-hybridized carbons (Fsp3) is 0.462. The number of aromatic nitrogens is 2. The highest BCUT2D eigenvalue weighted by Crippen LogP contribution is 2.20. The number of para-hydroxylation sites is 3. The van der Waals surface area contributed by atoms with Crippen LogP contribution in [-0.4, -0.2) is 46.5 Å². The van der Waals surface area contributed by atoms with E-state index in [1.165, 1.54) is 38.8 Å². The van der Waals surface area contributed by atoms with E-state index in [0.29, 0.717) is 13.1 Å². The average Bonchev–Trinajstić information content (AvgIpc) is 2.95. The molecule has 0 radical (unpaired) electrons. The molecule has 2 heterocycles. The van der Waals surface area contributed by atoms with Crippen LogP contribution in [0.4, 0.5) is 5.69 Å². The van der Waals surface area contributed by atoms with E-state index in [2.05, 4.69) is 15.5 Å². The third kappa shape index (κ3) is 5.34. The first-order valence-electron chi connectivity index (χ1n) is 11.8. The molecular weight excluding hydrogens is 384 g/mol. The number of rotatable bonds is 8. The van der Waals surface area contributed by atoms with Crippen molar-refractivity contribution in [1.82, 2.24) is 14.5 Å². The maximum absolute atomic E-state index is 13.3. The minimum Gasteiger partial charge on any atom is -0.318 e. The van der Waals surface area contributed by atoms with Gasteiger partial charge in [-0.15, -0.1) is 0 Å². The van der Waals surface area contributed by atoms with E-state index in [-0.39, 0.29) is 5.91 Å². The number of carbonyl (C=O) groups is 1. The lowest BCUT2D eigenvalue weighted by molar-refractivity contribution is -0.119. The van der Waals surface area contributed by atoms with Gasteiger partial charge >= 0.3 is 0 Å². The van der Waals surface area contributed by atoms with Gasteiger partial charge in [0.25, 0.3) is 0 Å². The van der Waals surface area contributed by atoms with Gasteiger partial charge in [-0.05, 0) is 70.1 Å². The fourth-order valence-corrected chi connectivity index (χ4v) is 4.64. The van der Waals surface area contributed by atoms with Crippen LogP contribution in [-0.2, 0) is 17.8 Å². The summed E-state index contributed by atoms with van der Waals surface area (Å²) in [6.45, 7) is 6.55. The Morgan fingerprint density at radius 3 is 2.42 bits per heavy atom. The zero-order valence-electron chi connectivity index (χ0n) is 18.7. The number of benzene rings is 2. The van der Waals surface area contributed by atoms with E-state index in [9.17, 15) is 4.79 Å². The van der Waals surface area contributed by atoms with Crippen LogP contribution in [0.2, 0.25) is 0 Å². The molecule has 2 aromatic carbocycles. The number of fused-ring (bicyclic) bond motifs is 1. The van der Waals surface area contributed by atoms with Gasteiger partial charge in [-0.2, -0.15) is 0 Å². The highest BCUT2D eigenvalue weighted by Gasteiger charge is 2.19. The SMILES string of the molecule is CCN(C(=O)Cn1c(CCCN2CCCCCC2)nc2ccccc21)c1ccccc1. The zero-order chi connectivity index (χ0) is 21.5. The number of carbonyl (C=O) groups excluding carboxylic acids is 1. The molecule has 1 aliphatic rings.